The Hall–Kier alpha value is -2.34. The molecular formula is C15H25N5O6S. The number of hydrogen-bond acceptors (Lipinski definition) is 7. The fraction of sp³-hybridized carbons (Fsp3) is 0.667. The minimum absolute atomic E-state index is 0.0196. The van der Waals surface area contributed by atoms with Crippen LogP contribution in [0.3, 0.4) is 0 Å². The zero-order valence-electron chi connectivity index (χ0n) is 14.7. The third-order valence-corrected chi connectivity index (χ3v) is 4.50. The highest BCUT2D eigenvalue weighted by Gasteiger charge is 2.38. The lowest BCUT2D eigenvalue weighted by Crippen LogP contribution is -2.56. The Morgan fingerprint density at radius 3 is 2.37 bits per heavy atom. The highest BCUT2D eigenvalue weighted by molar-refractivity contribution is 7.80. The highest BCUT2D eigenvalue weighted by atomic mass is 32.1. The number of hydrogen-bond donors (Lipinski definition) is 6. The summed E-state index contributed by atoms with van der Waals surface area (Å²) in [6.07, 6.45) is 0.553. The summed E-state index contributed by atoms with van der Waals surface area (Å²) in [5.41, 5.74) is 10.2. The summed E-state index contributed by atoms with van der Waals surface area (Å²) in [5.74, 6) is -3.62. The molecule has 0 spiro atoms. The molecule has 0 aromatic rings. The van der Waals surface area contributed by atoms with Gasteiger partial charge in [-0.25, -0.2) is 4.79 Å². The number of primary amides is 1. The van der Waals surface area contributed by atoms with Gasteiger partial charge in [-0.3, -0.25) is 19.2 Å². The molecule has 4 amide bonds. The molecule has 0 saturated carbocycles. The molecule has 3 atom stereocenters. The standard InChI is InChI=1S/C15H25N5O6S/c16-6-12(22)18-9(7-27)14(24)20-5-1-2-10(20)13(23)19-8(15(25)26)3-4-11(17)21/h8-10,27H,1-7,16H2,(H2,17,21)(H,18,22)(H,19,23)(H,25,26). The van der Waals surface area contributed by atoms with Crippen molar-refractivity contribution in [2.75, 3.05) is 18.8 Å². The number of carbonyl (C=O) groups excluding carboxylic acids is 4. The maximum Gasteiger partial charge on any atom is 0.326 e. The summed E-state index contributed by atoms with van der Waals surface area (Å²) in [7, 11) is 0. The van der Waals surface area contributed by atoms with Gasteiger partial charge in [0.25, 0.3) is 0 Å². The lowest BCUT2D eigenvalue weighted by molar-refractivity contribution is -0.144. The molecule has 3 unspecified atom stereocenters. The maximum absolute atomic E-state index is 12.6. The predicted octanol–water partition coefficient (Wildman–Crippen LogP) is -2.81. The number of carbonyl (C=O) groups is 5. The van der Waals surface area contributed by atoms with Crippen molar-refractivity contribution in [3.05, 3.63) is 0 Å². The molecule has 0 aliphatic carbocycles. The number of thiol groups is 1. The molecule has 0 radical (unpaired) electrons. The topological polar surface area (TPSA) is 185 Å². The number of nitrogens with one attached hydrogen (secondary N) is 2. The fourth-order valence-corrected chi connectivity index (χ4v) is 3.00. The lowest BCUT2D eigenvalue weighted by atomic mass is 10.1. The predicted molar refractivity (Wildman–Crippen MR) is 97.6 cm³/mol. The SMILES string of the molecule is NCC(=O)NC(CS)C(=O)N1CCCC1C(=O)NC(CCC(N)=O)C(=O)O. The molecule has 12 heteroatoms. The van der Waals surface area contributed by atoms with E-state index in [-0.39, 0.29) is 25.1 Å². The van der Waals surface area contributed by atoms with Crippen molar-refractivity contribution in [1.82, 2.24) is 15.5 Å². The first-order chi connectivity index (χ1) is 12.7. The van der Waals surface area contributed by atoms with E-state index >= 15 is 0 Å². The van der Waals surface area contributed by atoms with E-state index in [4.69, 9.17) is 11.5 Å². The number of likely N-dealkylation sites (tertiary alicyclic amines) is 1. The molecule has 1 rings (SSSR count). The van der Waals surface area contributed by atoms with E-state index in [1.54, 1.807) is 0 Å². The van der Waals surface area contributed by atoms with Gasteiger partial charge in [-0.15, -0.1) is 0 Å². The second-order valence-corrected chi connectivity index (χ2v) is 6.47. The molecule has 0 aromatic carbocycles. The molecule has 1 fully saturated rings. The van der Waals surface area contributed by atoms with E-state index in [0.717, 1.165) is 0 Å². The van der Waals surface area contributed by atoms with Crippen molar-refractivity contribution in [2.24, 2.45) is 11.5 Å². The van der Waals surface area contributed by atoms with Crippen LogP contribution in [0.1, 0.15) is 25.7 Å². The Labute approximate surface area is 161 Å². The largest absolute Gasteiger partial charge is 0.480 e. The first-order valence-electron chi connectivity index (χ1n) is 8.43. The first kappa shape index (κ1) is 22.7. The lowest BCUT2D eigenvalue weighted by Gasteiger charge is -2.28. The number of carboxylic acid groups (broad SMARTS) is 1. The van der Waals surface area contributed by atoms with Gasteiger partial charge >= 0.3 is 5.97 Å². The van der Waals surface area contributed by atoms with Crippen LogP contribution >= 0.6 is 12.6 Å². The molecule has 152 valence electrons. The number of rotatable bonds is 10. The van der Waals surface area contributed by atoms with Crippen molar-refractivity contribution < 1.29 is 29.1 Å². The Morgan fingerprint density at radius 2 is 1.85 bits per heavy atom. The minimum atomic E-state index is -1.30. The van der Waals surface area contributed by atoms with E-state index in [2.05, 4.69) is 23.3 Å². The van der Waals surface area contributed by atoms with Crippen LogP contribution in [0.4, 0.5) is 0 Å². The van der Waals surface area contributed by atoms with Crippen LogP contribution in [0.25, 0.3) is 0 Å². The summed E-state index contributed by atoms with van der Waals surface area (Å²) in [6, 6.07) is -3.10. The monoisotopic (exact) mass is 403 g/mol. The normalized spacial score (nSPS) is 18.4. The summed E-state index contributed by atoms with van der Waals surface area (Å²) < 4.78 is 0. The number of amides is 4. The van der Waals surface area contributed by atoms with Gasteiger partial charge in [0.1, 0.15) is 18.1 Å². The molecule has 0 aromatic heterocycles. The van der Waals surface area contributed by atoms with Crippen LogP contribution in [0.15, 0.2) is 0 Å². The molecule has 1 saturated heterocycles. The van der Waals surface area contributed by atoms with Crippen LogP contribution in [0.2, 0.25) is 0 Å². The van der Waals surface area contributed by atoms with Gasteiger partial charge in [-0.2, -0.15) is 12.6 Å². The molecule has 11 nitrogen and oxygen atoms in total. The van der Waals surface area contributed by atoms with Gasteiger partial charge in [0, 0.05) is 18.7 Å². The quantitative estimate of drug-likeness (QED) is 0.212. The van der Waals surface area contributed by atoms with Crippen molar-refractivity contribution >= 4 is 42.2 Å². The summed E-state index contributed by atoms with van der Waals surface area (Å²) in [4.78, 5) is 60.0. The Bertz CT molecular complexity index is 601. The second kappa shape index (κ2) is 10.7. The van der Waals surface area contributed by atoms with E-state index in [0.29, 0.717) is 19.4 Å². The summed E-state index contributed by atoms with van der Waals surface area (Å²) in [5, 5.41) is 14.0. The van der Waals surface area contributed by atoms with Gasteiger partial charge in [-0.1, -0.05) is 0 Å². The minimum Gasteiger partial charge on any atom is -0.480 e. The van der Waals surface area contributed by atoms with Crippen molar-refractivity contribution in [2.45, 2.75) is 43.8 Å². The van der Waals surface area contributed by atoms with Crippen LogP contribution in [-0.2, 0) is 24.0 Å². The van der Waals surface area contributed by atoms with Crippen molar-refractivity contribution in [1.29, 1.82) is 0 Å². The molecule has 1 aliphatic heterocycles. The van der Waals surface area contributed by atoms with Crippen LogP contribution < -0.4 is 22.1 Å². The first-order valence-corrected chi connectivity index (χ1v) is 9.06. The summed E-state index contributed by atoms with van der Waals surface area (Å²) in [6.45, 7) is 0.000342. The van der Waals surface area contributed by atoms with Crippen LogP contribution in [0.5, 0.6) is 0 Å². The zero-order valence-corrected chi connectivity index (χ0v) is 15.6. The fourth-order valence-electron chi connectivity index (χ4n) is 2.75. The molecule has 0 bridgehead atoms. The molecule has 1 heterocycles. The Morgan fingerprint density at radius 1 is 1.19 bits per heavy atom. The van der Waals surface area contributed by atoms with E-state index < -0.39 is 47.7 Å². The van der Waals surface area contributed by atoms with Crippen LogP contribution in [0, 0.1) is 0 Å². The third kappa shape index (κ3) is 6.71. The molecular weight excluding hydrogens is 378 g/mol. The highest BCUT2D eigenvalue weighted by Crippen LogP contribution is 2.19. The van der Waals surface area contributed by atoms with Gasteiger partial charge in [0.15, 0.2) is 0 Å². The van der Waals surface area contributed by atoms with E-state index in [9.17, 15) is 29.1 Å². The molecule has 1 aliphatic rings. The zero-order chi connectivity index (χ0) is 20.6. The van der Waals surface area contributed by atoms with Gasteiger partial charge < -0.3 is 32.1 Å². The van der Waals surface area contributed by atoms with E-state index in [1.807, 2.05) is 0 Å². The Kier molecular flexibility index (Phi) is 9.02. The Balaban J connectivity index is 2.80. The molecule has 7 N–H and O–H groups in total. The van der Waals surface area contributed by atoms with Gasteiger partial charge in [-0.05, 0) is 19.3 Å². The van der Waals surface area contributed by atoms with Crippen LogP contribution in [-0.4, -0.2) is 76.6 Å². The van der Waals surface area contributed by atoms with E-state index in [1.165, 1.54) is 4.90 Å². The number of nitrogens with two attached hydrogens (primary N) is 2. The smallest absolute Gasteiger partial charge is 0.326 e. The van der Waals surface area contributed by atoms with Crippen molar-refractivity contribution in [3.63, 3.8) is 0 Å². The molecule has 27 heavy (non-hydrogen) atoms. The third-order valence-electron chi connectivity index (χ3n) is 4.13. The van der Waals surface area contributed by atoms with Gasteiger partial charge in [0.2, 0.25) is 23.6 Å². The van der Waals surface area contributed by atoms with Gasteiger partial charge in [0.05, 0.1) is 6.54 Å². The number of carboxylic acids is 1. The average Bonchev–Trinajstić information content (AvgIpc) is 3.11. The summed E-state index contributed by atoms with van der Waals surface area (Å²) >= 11 is 4.05. The maximum atomic E-state index is 12.6. The number of nitrogens with zero attached hydrogens (tertiary/aromatic N) is 1. The average molecular weight is 403 g/mol. The van der Waals surface area contributed by atoms with Crippen molar-refractivity contribution in [3.8, 4) is 0 Å². The second-order valence-electron chi connectivity index (χ2n) is 6.10. The number of aliphatic carboxylic acids is 1.